The summed E-state index contributed by atoms with van der Waals surface area (Å²) in [6, 6.07) is 0. The van der Waals surface area contributed by atoms with Crippen molar-refractivity contribution in [1.82, 2.24) is 0 Å². The molecule has 2 N–H and O–H groups in total. The highest BCUT2D eigenvalue weighted by molar-refractivity contribution is 5.53. The summed E-state index contributed by atoms with van der Waals surface area (Å²) in [5.74, 6) is 0. The first-order chi connectivity index (χ1) is 5.16. The van der Waals surface area contributed by atoms with E-state index in [4.69, 9.17) is 19.7 Å². The summed E-state index contributed by atoms with van der Waals surface area (Å²) in [5, 5.41) is 13.9. The fourth-order valence-electron chi connectivity index (χ4n) is 0.667. The molecule has 0 saturated carbocycles. The fraction of sp³-hybridized carbons (Fsp3) is 0.857. The number of hydrogen-bond donors (Lipinski definition) is 2. The van der Waals surface area contributed by atoms with Gasteiger partial charge in [-0.15, -0.1) is 0 Å². The Morgan fingerprint density at radius 3 is 2.36 bits per heavy atom. The molecular formula is C7H14O4. The second kappa shape index (κ2) is 5.97. The quantitative estimate of drug-likeness (QED) is 0.621. The van der Waals surface area contributed by atoms with E-state index in [1.807, 2.05) is 0 Å². The number of carbonyl (C=O) groups is 1. The van der Waals surface area contributed by atoms with Gasteiger partial charge in [-0.05, 0) is 6.42 Å². The molecule has 1 atom stereocenters. The van der Waals surface area contributed by atoms with Gasteiger partial charge in [0.1, 0.15) is 0 Å². The molecule has 1 unspecified atom stereocenters. The third kappa shape index (κ3) is 12.4. The maximum Gasteiger partial charge on any atom is 0.503 e. The predicted octanol–water partition coefficient (Wildman–Crippen LogP) is 1.80. The van der Waals surface area contributed by atoms with Gasteiger partial charge in [-0.3, -0.25) is 0 Å². The van der Waals surface area contributed by atoms with E-state index >= 15 is 0 Å². The van der Waals surface area contributed by atoms with Crippen LogP contribution < -0.4 is 0 Å². The van der Waals surface area contributed by atoms with E-state index in [1.165, 1.54) is 19.3 Å². The topological polar surface area (TPSA) is 70.1 Å². The molecular weight excluding hydrogens is 148 g/mol. The summed E-state index contributed by atoms with van der Waals surface area (Å²) >= 11 is 0. The van der Waals surface area contributed by atoms with Gasteiger partial charge in [-0.25, -0.2) is 4.79 Å². The summed E-state index contributed by atoms with van der Waals surface area (Å²) in [6.45, 7) is 3.24. The zero-order valence-electron chi connectivity index (χ0n) is 6.62. The highest BCUT2D eigenvalue weighted by Crippen LogP contribution is 2.15. The summed E-state index contributed by atoms with van der Waals surface area (Å²) in [7, 11) is 0. The molecule has 1 saturated heterocycles. The number of unbranched alkanes of at least 4 members (excludes halogenated alkanes) is 1. The SMILES string of the molecule is CCCCC1CO1.O=C(O)O. The lowest BCUT2D eigenvalue weighted by Gasteiger charge is -1.86. The van der Waals surface area contributed by atoms with Crippen LogP contribution in [0, 0.1) is 0 Å². The van der Waals surface area contributed by atoms with Crippen molar-refractivity contribution in [1.29, 1.82) is 0 Å². The molecule has 0 radical (unpaired) electrons. The second-order valence-electron chi connectivity index (χ2n) is 2.38. The smallest absolute Gasteiger partial charge is 0.450 e. The van der Waals surface area contributed by atoms with E-state index in [0.29, 0.717) is 6.10 Å². The van der Waals surface area contributed by atoms with E-state index in [0.717, 1.165) is 6.61 Å². The Morgan fingerprint density at radius 1 is 1.64 bits per heavy atom. The number of ether oxygens (including phenoxy) is 1. The molecule has 0 aromatic rings. The average molecular weight is 162 g/mol. The van der Waals surface area contributed by atoms with Gasteiger partial charge in [0, 0.05) is 0 Å². The second-order valence-corrected chi connectivity index (χ2v) is 2.38. The van der Waals surface area contributed by atoms with Gasteiger partial charge in [-0.1, -0.05) is 19.8 Å². The van der Waals surface area contributed by atoms with Gasteiger partial charge in [0.15, 0.2) is 0 Å². The van der Waals surface area contributed by atoms with Crippen molar-refractivity contribution in [2.24, 2.45) is 0 Å². The first kappa shape index (κ1) is 10.2. The van der Waals surface area contributed by atoms with Gasteiger partial charge in [-0.2, -0.15) is 0 Å². The molecule has 66 valence electrons. The van der Waals surface area contributed by atoms with E-state index in [9.17, 15) is 0 Å². The van der Waals surface area contributed by atoms with Crippen LogP contribution in [0.2, 0.25) is 0 Å². The largest absolute Gasteiger partial charge is 0.503 e. The Bertz CT molecular complexity index is 105. The molecule has 0 aliphatic carbocycles. The first-order valence-corrected chi connectivity index (χ1v) is 3.70. The summed E-state index contributed by atoms with van der Waals surface area (Å²) in [5.41, 5.74) is 0. The van der Waals surface area contributed by atoms with Gasteiger partial charge in [0.2, 0.25) is 0 Å². The number of hydrogen-bond acceptors (Lipinski definition) is 2. The molecule has 4 nitrogen and oxygen atoms in total. The Labute approximate surface area is 65.8 Å². The van der Waals surface area contributed by atoms with Crippen molar-refractivity contribution in [3.05, 3.63) is 0 Å². The lowest BCUT2D eigenvalue weighted by Crippen LogP contribution is -1.81. The molecule has 1 rings (SSSR count). The van der Waals surface area contributed by atoms with E-state index in [-0.39, 0.29) is 0 Å². The van der Waals surface area contributed by atoms with Crippen molar-refractivity contribution in [2.45, 2.75) is 32.3 Å². The van der Waals surface area contributed by atoms with E-state index in [1.54, 1.807) is 0 Å². The van der Waals surface area contributed by atoms with Gasteiger partial charge in [0.25, 0.3) is 0 Å². The molecule has 4 heteroatoms. The Hall–Kier alpha value is -0.770. The van der Waals surface area contributed by atoms with Crippen molar-refractivity contribution < 1.29 is 19.7 Å². The highest BCUT2D eigenvalue weighted by atomic mass is 16.6. The van der Waals surface area contributed by atoms with Crippen LogP contribution in [-0.2, 0) is 4.74 Å². The first-order valence-electron chi connectivity index (χ1n) is 3.70. The molecule has 0 aromatic carbocycles. The van der Waals surface area contributed by atoms with Crippen LogP contribution in [0.4, 0.5) is 4.79 Å². The molecule has 0 aromatic heterocycles. The molecule has 0 bridgehead atoms. The Morgan fingerprint density at radius 2 is 2.09 bits per heavy atom. The van der Waals surface area contributed by atoms with Crippen molar-refractivity contribution in [3.8, 4) is 0 Å². The van der Waals surface area contributed by atoms with E-state index < -0.39 is 6.16 Å². The number of carboxylic acid groups (broad SMARTS) is 2. The molecule has 1 aliphatic heterocycles. The van der Waals surface area contributed by atoms with Crippen LogP contribution in [-0.4, -0.2) is 29.1 Å². The van der Waals surface area contributed by atoms with Crippen LogP contribution in [0.15, 0.2) is 0 Å². The Balaban J connectivity index is 0.000000218. The molecule has 1 fully saturated rings. The maximum atomic E-state index is 8.56. The summed E-state index contributed by atoms with van der Waals surface area (Å²) < 4.78 is 5.01. The third-order valence-corrected chi connectivity index (χ3v) is 1.28. The lowest BCUT2D eigenvalue weighted by molar-refractivity contribution is 0.137. The Kier molecular flexibility index (Phi) is 5.56. The third-order valence-electron chi connectivity index (χ3n) is 1.28. The van der Waals surface area contributed by atoms with Crippen molar-refractivity contribution in [3.63, 3.8) is 0 Å². The van der Waals surface area contributed by atoms with Crippen LogP contribution in [0.3, 0.4) is 0 Å². The minimum absolute atomic E-state index is 0.653. The number of rotatable bonds is 3. The molecule has 1 heterocycles. The monoisotopic (exact) mass is 162 g/mol. The zero-order chi connectivity index (χ0) is 8.69. The van der Waals surface area contributed by atoms with Gasteiger partial charge >= 0.3 is 6.16 Å². The van der Waals surface area contributed by atoms with Crippen molar-refractivity contribution in [2.75, 3.05) is 6.61 Å². The lowest BCUT2D eigenvalue weighted by atomic mass is 10.2. The minimum Gasteiger partial charge on any atom is -0.450 e. The van der Waals surface area contributed by atoms with Crippen LogP contribution >= 0.6 is 0 Å². The van der Waals surface area contributed by atoms with Crippen molar-refractivity contribution >= 4 is 6.16 Å². The van der Waals surface area contributed by atoms with Gasteiger partial charge in [0.05, 0.1) is 12.7 Å². The molecule has 0 spiro atoms. The standard InChI is InChI=1S/C6H12O.CH2O3/c1-2-3-4-6-5-7-6;2-1(3)4/h6H,2-5H2,1H3;(H2,2,3,4). The molecule has 11 heavy (non-hydrogen) atoms. The van der Waals surface area contributed by atoms with Crippen LogP contribution in [0.25, 0.3) is 0 Å². The highest BCUT2D eigenvalue weighted by Gasteiger charge is 2.20. The average Bonchev–Trinajstić information content (AvgIpc) is 2.64. The molecule has 0 amide bonds. The van der Waals surface area contributed by atoms with Gasteiger partial charge < -0.3 is 14.9 Å². The summed E-state index contributed by atoms with van der Waals surface area (Å²) in [4.78, 5) is 8.56. The van der Waals surface area contributed by atoms with Crippen LogP contribution in [0.5, 0.6) is 0 Å². The summed E-state index contributed by atoms with van der Waals surface area (Å²) in [6.07, 6.45) is 2.75. The minimum atomic E-state index is -1.83. The van der Waals surface area contributed by atoms with E-state index in [2.05, 4.69) is 6.92 Å². The fourth-order valence-corrected chi connectivity index (χ4v) is 0.667. The van der Waals surface area contributed by atoms with Crippen LogP contribution in [0.1, 0.15) is 26.2 Å². The normalized spacial score (nSPS) is 19.9. The predicted molar refractivity (Wildman–Crippen MR) is 39.9 cm³/mol. The maximum absolute atomic E-state index is 8.56. The molecule has 1 aliphatic rings. The number of epoxide rings is 1. The zero-order valence-corrected chi connectivity index (χ0v) is 6.62.